The van der Waals surface area contributed by atoms with Crippen LogP contribution in [0.15, 0.2) is 53.4 Å². The van der Waals surface area contributed by atoms with Crippen LogP contribution in [0.4, 0.5) is 5.69 Å². The molecule has 2 aromatic carbocycles. The lowest BCUT2D eigenvalue weighted by molar-refractivity contribution is -0.126. The molecule has 1 heterocycles. The van der Waals surface area contributed by atoms with Crippen LogP contribution in [-0.4, -0.2) is 40.4 Å². The third-order valence-corrected chi connectivity index (χ3v) is 5.77. The van der Waals surface area contributed by atoms with E-state index < -0.39 is 15.9 Å². The van der Waals surface area contributed by atoms with Crippen molar-refractivity contribution in [1.29, 1.82) is 0 Å². The number of ether oxygens (including phenoxy) is 1. The van der Waals surface area contributed by atoms with Gasteiger partial charge < -0.3 is 15.0 Å². The first-order valence-electron chi connectivity index (χ1n) is 9.12. The van der Waals surface area contributed by atoms with Crippen LogP contribution in [0.3, 0.4) is 0 Å². The molecule has 3 N–H and O–H groups in total. The molecule has 9 heteroatoms. The molecule has 2 aromatic rings. The summed E-state index contributed by atoms with van der Waals surface area (Å²) in [5.41, 5.74) is 1.61. The van der Waals surface area contributed by atoms with Crippen molar-refractivity contribution in [2.75, 3.05) is 25.1 Å². The summed E-state index contributed by atoms with van der Waals surface area (Å²) in [4.78, 5) is 26.4. The zero-order chi connectivity index (χ0) is 21.0. The van der Waals surface area contributed by atoms with Crippen molar-refractivity contribution < 1.29 is 22.7 Å². The van der Waals surface area contributed by atoms with E-state index in [1.54, 1.807) is 48.4 Å². The molecule has 2 amide bonds. The number of methoxy groups -OCH3 is 1. The summed E-state index contributed by atoms with van der Waals surface area (Å²) < 4.78 is 27.6. The summed E-state index contributed by atoms with van der Waals surface area (Å²) in [6.07, 6.45) is 0.709. The number of nitrogens with one attached hydrogen (secondary N) is 1. The van der Waals surface area contributed by atoms with E-state index >= 15 is 0 Å². The molecule has 0 spiro atoms. The van der Waals surface area contributed by atoms with Crippen LogP contribution in [0, 0.1) is 5.92 Å². The van der Waals surface area contributed by atoms with Gasteiger partial charge in [0.2, 0.25) is 21.8 Å². The third-order valence-electron chi connectivity index (χ3n) is 4.84. The quantitative estimate of drug-likeness (QED) is 0.698. The number of carbonyl (C=O) groups is 2. The fraction of sp³-hybridized carbons (Fsp3) is 0.300. The van der Waals surface area contributed by atoms with Gasteiger partial charge in [0.15, 0.2) is 0 Å². The number of amides is 2. The van der Waals surface area contributed by atoms with E-state index in [1.165, 1.54) is 12.1 Å². The van der Waals surface area contributed by atoms with Crippen molar-refractivity contribution >= 4 is 27.5 Å². The van der Waals surface area contributed by atoms with Crippen LogP contribution in [0.1, 0.15) is 12.0 Å². The summed E-state index contributed by atoms with van der Waals surface area (Å²) in [5.74, 6) is 0.0329. The van der Waals surface area contributed by atoms with Gasteiger partial charge >= 0.3 is 0 Å². The van der Waals surface area contributed by atoms with Crippen molar-refractivity contribution in [3.05, 3.63) is 54.1 Å². The SMILES string of the molecule is COc1ccc(N2C[C@@H](C(=O)NCCc3ccc(S(N)(=O)=O)cc3)CC2=O)cc1. The molecule has 0 aromatic heterocycles. The first-order valence-corrected chi connectivity index (χ1v) is 10.7. The smallest absolute Gasteiger partial charge is 0.238 e. The van der Waals surface area contributed by atoms with Gasteiger partial charge in [0.25, 0.3) is 0 Å². The highest BCUT2D eigenvalue weighted by Gasteiger charge is 2.34. The van der Waals surface area contributed by atoms with Crippen LogP contribution >= 0.6 is 0 Å². The van der Waals surface area contributed by atoms with Crippen molar-refractivity contribution in [3.8, 4) is 5.75 Å². The Morgan fingerprint density at radius 1 is 1.17 bits per heavy atom. The number of benzene rings is 2. The largest absolute Gasteiger partial charge is 0.497 e. The summed E-state index contributed by atoms with van der Waals surface area (Å²) in [6, 6.07) is 13.3. The molecule has 0 unspecified atom stereocenters. The van der Waals surface area contributed by atoms with Gasteiger partial charge in [-0.25, -0.2) is 13.6 Å². The highest BCUT2D eigenvalue weighted by atomic mass is 32.2. The van der Waals surface area contributed by atoms with Gasteiger partial charge in [-0.2, -0.15) is 0 Å². The molecule has 0 saturated carbocycles. The lowest BCUT2D eigenvalue weighted by Gasteiger charge is -2.17. The Hall–Kier alpha value is -2.91. The van der Waals surface area contributed by atoms with Crippen molar-refractivity contribution in [2.24, 2.45) is 11.1 Å². The van der Waals surface area contributed by atoms with Gasteiger partial charge in [-0.3, -0.25) is 9.59 Å². The average molecular weight is 417 g/mol. The topological polar surface area (TPSA) is 119 Å². The van der Waals surface area contributed by atoms with E-state index in [9.17, 15) is 18.0 Å². The second-order valence-electron chi connectivity index (χ2n) is 6.83. The number of sulfonamides is 1. The third kappa shape index (κ3) is 5.12. The van der Waals surface area contributed by atoms with E-state index in [1.807, 2.05) is 0 Å². The van der Waals surface area contributed by atoms with Gasteiger partial charge in [-0.05, 0) is 48.4 Å². The van der Waals surface area contributed by atoms with Crippen LogP contribution in [0.2, 0.25) is 0 Å². The second kappa shape index (κ2) is 8.62. The number of carbonyl (C=O) groups excluding carboxylic acids is 2. The Bertz CT molecular complexity index is 988. The number of anilines is 1. The summed E-state index contributed by atoms with van der Waals surface area (Å²) >= 11 is 0. The van der Waals surface area contributed by atoms with Crippen LogP contribution in [0.25, 0.3) is 0 Å². The molecule has 1 saturated heterocycles. The van der Waals surface area contributed by atoms with Gasteiger partial charge in [0.1, 0.15) is 5.75 Å². The monoisotopic (exact) mass is 417 g/mol. The maximum absolute atomic E-state index is 12.4. The minimum Gasteiger partial charge on any atom is -0.497 e. The first kappa shape index (κ1) is 20.8. The fourth-order valence-electron chi connectivity index (χ4n) is 3.22. The predicted molar refractivity (Wildman–Crippen MR) is 108 cm³/mol. The van der Waals surface area contributed by atoms with E-state index in [0.29, 0.717) is 25.3 Å². The van der Waals surface area contributed by atoms with Gasteiger partial charge in [0.05, 0.1) is 17.9 Å². The lowest BCUT2D eigenvalue weighted by Crippen LogP contribution is -2.34. The number of rotatable bonds is 7. The summed E-state index contributed by atoms with van der Waals surface area (Å²) in [7, 11) is -2.14. The molecule has 0 bridgehead atoms. The molecule has 0 radical (unpaired) electrons. The van der Waals surface area contributed by atoms with Crippen LogP contribution < -0.4 is 20.1 Å². The highest BCUT2D eigenvalue weighted by Crippen LogP contribution is 2.26. The molecular weight excluding hydrogens is 394 g/mol. The molecule has 1 fully saturated rings. The molecule has 1 aliphatic heterocycles. The Kier molecular flexibility index (Phi) is 6.19. The van der Waals surface area contributed by atoms with Crippen LogP contribution in [-0.2, 0) is 26.0 Å². The van der Waals surface area contributed by atoms with E-state index in [4.69, 9.17) is 9.88 Å². The average Bonchev–Trinajstić information content (AvgIpc) is 3.09. The van der Waals surface area contributed by atoms with Crippen molar-refractivity contribution in [3.63, 3.8) is 0 Å². The molecule has 154 valence electrons. The Morgan fingerprint density at radius 2 is 1.83 bits per heavy atom. The van der Waals surface area contributed by atoms with Gasteiger partial charge in [0, 0.05) is 25.2 Å². The Morgan fingerprint density at radius 3 is 2.41 bits per heavy atom. The molecule has 8 nitrogen and oxygen atoms in total. The van der Waals surface area contributed by atoms with Gasteiger partial charge in [-0.15, -0.1) is 0 Å². The molecule has 1 atom stereocenters. The zero-order valence-electron chi connectivity index (χ0n) is 16.0. The van der Waals surface area contributed by atoms with E-state index in [2.05, 4.69) is 5.32 Å². The molecule has 0 aliphatic carbocycles. The van der Waals surface area contributed by atoms with E-state index in [0.717, 1.165) is 11.3 Å². The van der Waals surface area contributed by atoms with Gasteiger partial charge in [-0.1, -0.05) is 12.1 Å². The van der Waals surface area contributed by atoms with Crippen molar-refractivity contribution in [1.82, 2.24) is 5.32 Å². The maximum Gasteiger partial charge on any atom is 0.238 e. The normalized spacial score (nSPS) is 16.7. The molecule has 29 heavy (non-hydrogen) atoms. The second-order valence-corrected chi connectivity index (χ2v) is 8.39. The summed E-state index contributed by atoms with van der Waals surface area (Å²) in [5, 5.41) is 7.92. The number of nitrogens with zero attached hydrogens (tertiary/aromatic N) is 1. The Labute approximate surface area is 169 Å². The standard InChI is InChI=1S/C20H23N3O5S/c1-28-17-6-4-16(5-7-17)23-13-15(12-19(23)24)20(25)22-11-10-14-2-8-18(9-3-14)29(21,26)27/h2-9,15H,10-13H2,1H3,(H,22,25)(H2,21,26,27)/t15-/m0/s1. The predicted octanol–water partition coefficient (Wildman–Crippen LogP) is 1.05. The minimum absolute atomic E-state index is 0.0494. The fourth-order valence-corrected chi connectivity index (χ4v) is 3.73. The molecular formula is C20H23N3O5S. The summed E-state index contributed by atoms with van der Waals surface area (Å²) in [6.45, 7) is 0.723. The number of hydrogen-bond donors (Lipinski definition) is 2. The lowest BCUT2D eigenvalue weighted by atomic mass is 10.1. The Balaban J connectivity index is 1.51. The number of nitrogens with two attached hydrogens (primary N) is 1. The first-order chi connectivity index (χ1) is 13.8. The zero-order valence-corrected chi connectivity index (χ0v) is 16.8. The number of primary sulfonamides is 1. The van der Waals surface area contributed by atoms with E-state index in [-0.39, 0.29) is 23.1 Å². The number of hydrogen-bond acceptors (Lipinski definition) is 5. The van der Waals surface area contributed by atoms with Crippen LogP contribution in [0.5, 0.6) is 5.75 Å². The molecule has 3 rings (SSSR count). The molecule has 1 aliphatic rings. The van der Waals surface area contributed by atoms with Crippen molar-refractivity contribution in [2.45, 2.75) is 17.7 Å². The minimum atomic E-state index is -3.72. The highest BCUT2D eigenvalue weighted by molar-refractivity contribution is 7.89. The maximum atomic E-state index is 12.4.